The highest BCUT2D eigenvalue weighted by atomic mass is 16.7. The van der Waals surface area contributed by atoms with Crippen LogP contribution in [0.1, 0.15) is 49.7 Å². The van der Waals surface area contributed by atoms with Crippen molar-refractivity contribution in [3.8, 4) is 17.2 Å². The molecule has 1 aliphatic carbocycles. The molecule has 2 aromatic rings. The second kappa shape index (κ2) is 7.39. The molecule has 1 atom stereocenters. The Bertz CT molecular complexity index is 1100. The molecular weight excluding hydrogens is 416 g/mol. The second-order valence-corrected chi connectivity index (χ2v) is 10.2. The van der Waals surface area contributed by atoms with Crippen molar-refractivity contribution in [2.24, 2.45) is 5.92 Å². The Morgan fingerprint density at radius 2 is 1.64 bits per heavy atom. The lowest BCUT2D eigenvalue weighted by atomic mass is 9.77. The van der Waals surface area contributed by atoms with Crippen LogP contribution in [0, 0.1) is 5.92 Å². The molecule has 0 N–H and O–H groups in total. The van der Waals surface area contributed by atoms with E-state index in [2.05, 4.69) is 17.0 Å². The molecular formula is C27H30N2O4. The van der Waals surface area contributed by atoms with E-state index in [0.717, 1.165) is 35.2 Å². The second-order valence-electron chi connectivity index (χ2n) is 10.2. The van der Waals surface area contributed by atoms with E-state index >= 15 is 0 Å². The summed E-state index contributed by atoms with van der Waals surface area (Å²) < 4.78 is 17.3. The summed E-state index contributed by atoms with van der Waals surface area (Å²) in [6.07, 6.45) is 7.83. The highest BCUT2D eigenvalue weighted by Gasteiger charge is 2.57. The molecule has 4 aliphatic heterocycles. The SMILES string of the molecule is O=C1N(CC2CCN(C3CCCC3)CC2)c2ccccc2C12COc1cc3c(cc12)OCO3. The molecule has 1 saturated carbocycles. The number of rotatable bonds is 3. The monoisotopic (exact) mass is 446 g/mol. The van der Waals surface area contributed by atoms with E-state index in [-0.39, 0.29) is 12.7 Å². The van der Waals surface area contributed by atoms with Gasteiger partial charge >= 0.3 is 0 Å². The van der Waals surface area contributed by atoms with Crippen molar-refractivity contribution in [2.75, 3.05) is 37.9 Å². The predicted octanol–water partition coefficient (Wildman–Crippen LogP) is 4.10. The minimum absolute atomic E-state index is 0.138. The van der Waals surface area contributed by atoms with Gasteiger partial charge < -0.3 is 24.0 Å². The third-order valence-corrected chi connectivity index (χ3v) is 8.57. The fraction of sp³-hybridized carbons (Fsp3) is 0.519. The molecule has 2 aromatic carbocycles. The van der Waals surface area contributed by atoms with Crippen LogP contribution >= 0.6 is 0 Å². The highest BCUT2D eigenvalue weighted by Crippen LogP contribution is 2.55. The Kier molecular flexibility index (Phi) is 4.41. The lowest BCUT2D eigenvalue weighted by Gasteiger charge is -2.37. The molecule has 5 aliphatic rings. The van der Waals surface area contributed by atoms with Crippen LogP contribution < -0.4 is 19.1 Å². The summed E-state index contributed by atoms with van der Waals surface area (Å²) in [5.74, 6) is 2.79. The molecule has 0 aromatic heterocycles. The first-order valence-corrected chi connectivity index (χ1v) is 12.5. The van der Waals surface area contributed by atoms with Crippen LogP contribution in [0.4, 0.5) is 5.69 Å². The molecule has 0 bridgehead atoms. The van der Waals surface area contributed by atoms with Crippen molar-refractivity contribution < 1.29 is 19.0 Å². The molecule has 1 saturated heterocycles. The van der Waals surface area contributed by atoms with E-state index in [0.29, 0.717) is 24.0 Å². The van der Waals surface area contributed by atoms with Crippen molar-refractivity contribution in [3.05, 3.63) is 47.5 Å². The van der Waals surface area contributed by atoms with Gasteiger partial charge in [0.1, 0.15) is 17.8 Å². The lowest BCUT2D eigenvalue weighted by molar-refractivity contribution is -0.122. The van der Waals surface area contributed by atoms with Gasteiger partial charge in [-0.15, -0.1) is 0 Å². The van der Waals surface area contributed by atoms with Crippen molar-refractivity contribution in [3.63, 3.8) is 0 Å². The first-order valence-electron chi connectivity index (χ1n) is 12.5. The maximum atomic E-state index is 14.2. The number of fused-ring (bicyclic) bond motifs is 5. The van der Waals surface area contributed by atoms with Crippen molar-refractivity contribution in [1.29, 1.82) is 0 Å². The van der Waals surface area contributed by atoms with Crippen LogP contribution in [0.5, 0.6) is 17.2 Å². The smallest absolute Gasteiger partial charge is 0.245 e. The summed E-state index contributed by atoms with van der Waals surface area (Å²) in [6, 6.07) is 12.9. The van der Waals surface area contributed by atoms with E-state index in [1.807, 2.05) is 29.2 Å². The number of para-hydroxylation sites is 1. The lowest BCUT2D eigenvalue weighted by Crippen LogP contribution is -2.46. The van der Waals surface area contributed by atoms with Crippen LogP contribution in [0.15, 0.2) is 36.4 Å². The quantitative estimate of drug-likeness (QED) is 0.711. The normalized spacial score (nSPS) is 26.8. The molecule has 33 heavy (non-hydrogen) atoms. The first kappa shape index (κ1) is 19.7. The summed E-state index contributed by atoms with van der Waals surface area (Å²) in [6.45, 7) is 3.66. The van der Waals surface area contributed by atoms with Gasteiger partial charge in [0.25, 0.3) is 0 Å². The van der Waals surface area contributed by atoms with Gasteiger partial charge in [-0.25, -0.2) is 0 Å². The molecule has 4 heterocycles. The molecule has 1 spiro atoms. The van der Waals surface area contributed by atoms with Crippen molar-refractivity contribution in [1.82, 2.24) is 4.90 Å². The highest BCUT2D eigenvalue weighted by molar-refractivity contribution is 6.11. The number of anilines is 1. The molecule has 0 radical (unpaired) electrons. The average molecular weight is 447 g/mol. The van der Waals surface area contributed by atoms with Gasteiger partial charge in [-0.3, -0.25) is 4.79 Å². The van der Waals surface area contributed by atoms with E-state index in [1.165, 1.54) is 51.6 Å². The molecule has 172 valence electrons. The molecule has 2 fully saturated rings. The third kappa shape index (κ3) is 2.86. The zero-order valence-electron chi connectivity index (χ0n) is 18.9. The van der Waals surface area contributed by atoms with Crippen molar-refractivity contribution in [2.45, 2.75) is 50.0 Å². The fourth-order valence-electron chi connectivity index (χ4n) is 6.77. The van der Waals surface area contributed by atoms with Crippen LogP contribution in [0.25, 0.3) is 0 Å². The fourth-order valence-corrected chi connectivity index (χ4v) is 6.77. The summed E-state index contributed by atoms with van der Waals surface area (Å²) in [5.41, 5.74) is 2.20. The maximum absolute atomic E-state index is 14.2. The molecule has 6 nitrogen and oxygen atoms in total. The van der Waals surface area contributed by atoms with Crippen LogP contribution in [-0.4, -0.2) is 49.9 Å². The number of likely N-dealkylation sites (tertiary alicyclic amines) is 1. The Morgan fingerprint density at radius 1 is 0.879 bits per heavy atom. The van der Waals surface area contributed by atoms with E-state index in [1.54, 1.807) is 0 Å². The number of amides is 1. The number of carbonyl (C=O) groups is 1. The number of benzene rings is 2. The molecule has 1 unspecified atom stereocenters. The minimum atomic E-state index is -0.794. The molecule has 1 amide bonds. The summed E-state index contributed by atoms with van der Waals surface area (Å²) in [5, 5.41) is 0. The first-order chi connectivity index (χ1) is 16.2. The summed E-state index contributed by atoms with van der Waals surface area (Å²) >= 11 is 0. The molecule has 7 rings (SSSR count). The zero-order chi connectivity index (χ0) is 22.0. The topological polar surface area (TPSA) is 51.2 Å². The van der Waals surface area contributed by atoms with Gasteiger partial charge in [0, 0.05) is 29.9 Å². The number of hydrogen-bond acceptors (Lipinski definition) is 5. The van der Waals surface area contributed by atoms with Gasteiger partial charge in [-0.05, 0) is 62.4 Å². The van der Waals surface area contributed by atoms with E-state index < -0.39 is 5.41 Å². The number of carbonyl (C=O) groups excluding carboxylic acids is 1. The Balaban J connectivity index is 1.18. The van der Waals surface area contributed by atoms with Crippen LogP contribution in [0.3, 0.4) is 0 Å². The number of piperidine rings is 1. The predicted molar refractivity (Wildman–Crippen MR) is 124 cm³/mol. The summed E-state index contributed by atoms with van der Waals surface area (Å²) in [7, 11) is 0. The number of ether oxygens (including phenoxy) is 3. The number of nitrogens with zero attached hydrogens (tertiary/aromatic N) is 2. The van der Waals surface area contributed by atoms with Crippen LogP contribution in [-0.2, 0) is 10.2 Å². The maximum Gasteiger partial charge on any atom is 0.245 e. The van der Waals surface area contributed by atoms with E-state index in [9.17, 15) is 4.79 Å². The van der Waals surface area contributed by atoms with Crippen LogP contribution in [0.2, 0.25) is 0 Å². The average Bonchev–Trinajstić information content (AvgIpc) is 3.64. The largest absolute Gasteiger partial charge is 0.491 e. The summed E-state index contributed by atoms with van der Waals surface area (Å²) in [4.78, 5) is 18.9. The van der Waals surface area contributed by atoms with Gasteiger partial charge in [-0.1, -0.05) is 31.0 Å². The van der Waals surface area contributed by atoms with Gasteiger partial charge in [0.15, 0.2) is 11.5 Å². The molecule has 6 heteroatoms. The van der Waals surface area contributed by atoms with Crippen molar-refractivity contribution >= 4 is 11.6 Å². The Morgan fingerprint density at radius 3 is 2.45 bits per heavy atom. The Hall–Kier alpha value is -2.73. The van der Waals surface area contributed by atoms with Gasteiger partial charge in [0.2, 0.25) is 12.7 Å². The van der Waals surface area contributed by atoms with Gasteiger partial charge in [0.05, 0.1) is 0 Å². The van der Waals surface area contributed by atoms with Gasteiger partial charge in [-0.2, -0.15) is 0 Å². The third-order valence-electron chi connectivity index (χ3n) is 8.57. The standard InChI is InChI=1S/C27H30N2O4/c30-26-27(16-31-23-14-25-24(13-21(23)27)32-17-33-25)20-7-3-4-8-22(20)29(26)15-18-9-11-28(12-10-18)19-5-1-2-6-19/h3-4,7-8,13-14,18-19H,1-2,5-6,9-12,15-17H2. The van der Waals surface area contributed by atoms with E-state index in [4.69, 9.17) is 14.2 Å². The number of hydrogen-bond donors (Lipinski definition) is 0. The zero-order valence-corrected chi connectivity index (χ0v) is 18.9. The Labute approximate surface area is 194 Å². The minimum Gasteiger partial charge on any atom is -0.491 e.